The molecule has 0 saturated heterocycles. The lowest BCUT2D eigenvalue weighted by atomic mass is 10.4. The molecule has 0 bridgehead atoms. The minimum Gasteiger partial charge on any atom is -0.396 e. The lowest BCUT2D eigenvalue weighted by Gasteiger charge is -1.99. The van der Waals surface area contributed by atoms with Crippen molar-refractivity contribution in [2.45, 2.75) is 12.8 Å². The van der Waals surface area contributed by atoms with Crippen LogP contribution in [0.15, 0.2) is 5.11 Å². The van der Waals surface area contributed by atoms with E-state index < -0.39 is 0 Å². The van der Waals surface area contributed by atoms with Gasteiger partial charge in [0.25, 0.3) is 0 Å². The molecule has 0 amide bonds. The van der Waals surface area contributed by atoms with Gasteiger partial charge in [0.15, 0.2) is 0 Å². The van der Waals surface area contributed by atoms with Crippen LogP contribution in [-0.4, -0.2) is 31.5 Å². The Hall–Kier alpha value is -0.770. The van der Waals surface area contributed by atoms with E-state index in [9.17, 15) is 0 Å². The summed E-state index contributed by atoms with van der Waals surface area (Å²) in [4.78, 5) is 2.60. The number of azide groups is 1. The highest BCUT2D eigenvalue weighted by molar-refractivity contribution is 4.45. The van der Waals surface area contributed by atoms with Crippen LogP contribution in [0.1, 0.15) is 12.8 Å². The van der Waals surface area contributed by atoms with Crippen LogP contribution in [0, 0.1) is 0 Å². The van der Waals surface area contributed by atoms with E-state index in [-0.39, 0.29) is 6.61 Å². The van der Waals surface area contributed by atoms with Crippen LogP contribution in [-0.2, 0) is 4.74 Å². The van der Waals surface area contributed by atoms with E-state index in [2.05, 4.69) is 10.0 Å². The maximum absolute atomic E-state index is 8.36. The third-order valence-corrected chi connectivity index (χ3v) is 1.06. The molecule has 0 spiro atoms. The fourth-order valence-electron chi connectivity index (χ4n) is 0.551. The van der Waals surface area contributed by atoms with Crippen molar-refractivity contribution in [3.8, 4) is 0 Å². The molecule has 0 aromatic rings. The van der Waals surface area contributed by atoms with Gasteiger partial charge in [-0.25, -0.2) is 0 Å². The number of nitrogens with zero attached hydrogens (tertiary/aromatic N) is 3. The van der Waals surface area contributed by atoms with Gasteiger partial charge in [-0.3, -0.25) is 0 Å². The first kappa shape index (κ1) is 10.2. The van der Waals surface area contributed by atoms with E-state index in [0.29, 0.717) is 26.2 Å². The predicted octanol–water partition coefficient (Wildman–Crippen LogP) is 1.09. The average molecular weight is 159 g/mol. The van der Waals surface area contributed by atoms with Gasteiger partial charge in [0, 0.05) is 31.3 Å². The number of aliphatic hydroxyl groups excluding tert-OH is 1. The molecule has 0 aromatic carbocycles. The Kier molecular flexibility index (Phi) is 8.58. The van der Waals surface area contributed by atoms with E-state index in [4.69, 9.17) is 15.4 Å². The summed E-state index contributed by atoms with van der Waals surface area (Å²) in [5.41, 5.74) is 7.89. The quantitative estimate of drug-likeness (QED) is 0.261. The van der Waals surface area contributed by atoms with Gasteiger partial charge in [-0.15, -0.1) is 0 Å². The van der Waals surface area contributed by atoms with Gasteiger partial charge in [0.1, 0.15) is 0 Å². The van der Waals surface area contributed by atoms with E-state index in [1.54, 1.807) is 0 Å². The molecule has 0 heterocycles. The molecule has 0 radical (unpaired) electrons. The van der Waals surface area contributed by atoms with Crippen molar-refractivity contribution in [2.75, 3.05) is 26.4 Å². The second-order valence-electron chi connectivity index (χ2n) is 2.00. The fraction of sp³-hybridized carbons (Fsp3) is 1.00. The highest BCUT2D eigenvalue weighted by Gasteiger charge is 1.86. The minimum atomic E-state index is 0.163. The van der Waals surface area contributed by atoms with Crippen LogP contribution in [0.25, 0.3) is 10.4 Å². The Morgan fingerprint density at radius 3 is 2.73 bits per heavy atom. The van der Waals surface area contributed by atoms with Crippen molar-refractivity contribution in [3.63, 3.8) is 0 Å². The first-order chi connectivity index (χ1) is 5.41. The Morgan fingerprint density at radius 1 is 1.36 bits per heavy atom. The first-order valence-electron chi connectivity index (χ1n) is 3.61. The van der Waals surface area contributed by atoms with Crippen molar-refractivity contribution >= 4 is 0 Å². The van der Waals surface area contributed by atoms with Crippen molar-refractivity contribution in [2.24, 2.45) is 5.11 Å². The minimum absolute atomic E-state index is 0.163. The van der Waals surface area contributed by atoms with Crippen LogP contribution in [0.4, 0.5) is 0 Å². The molecule has 5 nitrogen and oxygen atoms in total. The molecule has 0 aliphatic rings. The predicted molar refractivity (Wildman–Crippen MR) is 41.2 cm³/mol. The molecule has 0 aliphatic carbocycles. The normalized spacial score (nSPS) is 9.18. The van der Waals surface area contributed by atoms with Crippen LogP contribution >= 0.6 is 0 Å². The Labute approximate surface area is 65.6 Å². The van der Waals surface area contributed by atoms with E-state index in [1.165, 1.54) is 0 Å². The number of rotatable bonds is 7. The third-order valence-electron chi connectivity index (χ3n) is 1.06. The van der Waals surface area contributed by atoms with Crippen molar-refractivity contribution in [3.05, 3.63) is 10.4 Å². The van der Waals surface area contributed by atoms with Gasteiger partial charge in [0.05, 0.1) is 0 Å². The second kappa shape index (κ2) is 9.23. The van der Waals surface area contributed by atoms with Gasteiger partial charge >= 0.3 is 0 Å². The summed E-state index contributed by atoms with van der Waals surface area (Å²) >= 11 is 0. The van der Waals surface area contributed by atoms with Crippen LogP contribution in [0.5, 0.6) is 0 Å². The average Bonchev–Trinajstić information content (AvgIpc) is 2.03. The lowest BCUT2D eigenvalue weighted by Crippen LogP contribution is -1.99. The Bertz CT molecular complexity index is 123. The molecule has 0 rings (SSSR count). The maximum Gasteiger partial charge on any atom is 0.0487 e. The molecule has 0 aromatic heterocycles. The first-order valence-corrected chi connectivity index (χ1v) is 3.61. The molecule has 5 heteroatoms. The summed E-state index contributed by atoms with van der Waals surface area (Å²) in [7, 11) is 0. The molecular weight excluding hydrogens is 146 g/mol. The summed E-state index contributed by atoms with van der Waals surface area (Å²) < 4.78 is 5.08. The second-order valence-corrected chi connectivity index (χ2v) is 2.00. The molecule has 0 aliphatic heterocycles. The van der Waals surface area contributed by atoms with Crippen LogP contribution in [0.3, 0.4) is 0 Å². The van der Waals surface area contributed by atoms with Gasteiger partial charge in [-0.05, 0) is 18.4 Å². The standard InChI is InChI=1S/C6H13N3O2/c7-9-8-3-1-5-11-6-2-4-10/h10H,1-6H2. The summed E-state index contributed by atoms with van der Waals surface area (Å²) in [5.74, 6) is 0. The largest absolute Gasteiger partial charge is 0.396 e. The lowest BCUT2D eigenvalue weighted by molar-refractivity contribution is 0.115. The van der Waals surface area contributed by atoms with Gasteiger partial charge in [-0.2, -0.15) is 0 Å². The third kappa shape index (κ3) is 9.23. The van der Waals surface area contributed by atoms with Crippen LogP contribution in [0.2, 0.25) is 0 Å². The number of aliphatic hydroxyl groups is 1. The van der Waals surface area contributed by atoms with Crippen LogP contribution < -0.4 is 0 Å². The van der Waals surface area contributed by atoms with E-state index in [1.807, 2.05) is 0 Å². The molecular formula is C6H13N3O2. The number of hydrogen-bond acceptors (Lipinski definition) is 3. The number of hydrogen-bond donors (Lipinski definition) is 1. The van der Waals surface area contributed by atoms with E-state index >= 15 is 0 Å². The highest BCUT2D eigenvalue weighted by Crippen LogP contribution is 1.86. The zero-order valence-electron chi connectivity index (χ0n) is 6.44. The summed E-state index contributed by atoms with van der Waals surface area (Å²) in [5, 5.41) is 11.7. The van der Waals surface area contributed by atoms with E-state index in [0.717, 1.165) is 6.42 Å². The zero-order valence-corrected chi connectivity index (χ0v) is 6.44. The number of ether oxygens (including phenoxy) is 1. The SMILES string of the molecule is [N-]=[N+]=NCCCOCCCO. The fourth-order valence-corrected chi connectivity index (χ4v) is 0.551. The molecule has 0 saturated carbocycles. The topological polar surface area (TPSA) is 78.2 Å². The van der Waals surface area contributed by atoms with Gasteiger partial charge in [-0.1, -0.05) is 5.11 Å². The van der Waals surface area contributed by atoms with Crippen molar-refractivity contribution in [1.29, 1.82) is 0 Å². The van der Waals surface area contributed by atoms with Crippen molar-refractivity contribution < 1.29 is 9.84 Å². The molecule has 64 valence electrons. The summed E-state index contributed by atoms with van der Waals surface area (Å²) in [6.45, 7) is 1.82. The molecule has 0 fully saturated rings. The molecule has 0 atom stereocenters. The Morgan fingerprint density at radius 2 is 2.09 bits per heavy atom. The van der Waals surface area contributed by atoms with Crippen molar-refractivity contribution in [1.82, 2.24) is 0 Å². The maximum atomic E-state index is 8.36. The molecule has 11 heavy (non-hydrogen) atoms. The smallest absolute Gasteiger partial charge is 0.0487 e. The molecule has 1 N–H and O–H groups in total. The summed E-state index contributed by atoms with van der Waals surface area (Å²) in [6.07, 6.45) is 1.41. The highest BCUT2D eigenvalue weighted by atomic mass is 16.5. The zero-order chi connectivity index (χ0) is 8.36. The van der Waals surface area contributed by atoms with Gasteiger partial charge < -0.3 is 9.84 Å². The Balaban J connectivity index is 2.84. The van der Waals surface area contributed by atoms with Gasteiger partial charge in [0.2, 0.25) is 0 Å². The molecule has 0 unspecified atom stereocenters. The monoisotopic (exact) mass is 159 g/mol. The summed E-state index contributed by atoms with van der Waals surface area (Å²) in [6, 6.07) is 0.